The molecule has 0 aliphatic carbocycles. The van der Waals surface area contributed by atoms with Gasteiger partial charge < -0.3 is 25.2 Å². The summed E-state index contributed by atoms with van der Waals surface area (Å²) in [7, 11) is 5.91. The average molecular weight is 532 g/mol. The molecule has 9 nitrogen and oxygen atoms in total. The van der Waals surface area contributed by atoms with Crippen LogP contribution in [0.1, 0.15) is 37.7 Å². The third-order valence-electron chi connectivity index (χ3n) is 7.78. The second-order valence-corrected chi connectivity index (χ2v) is 10.7. The van der Waals surface area contributed by atoms with Gasteiger partial charge in [-0.2, -0.15) is 4.98 Å². The van der Waals surface area contributed by atoms with E-state index in [-0.39, 0.29) is 5.91 Å². The van der Waals surface area contributed by atoms with E-state index in [1.165, 1.54) is 11.3 Å². The standard InChI is InChI=1S/C30H41N7O2/c1-35(2)26-11-6-12-27(39-3)24(26)21-36-19-14-22(15-20-36)32-29-23-9-4-5-10-25(23)33-30(34-29)31-16-8-18-37-17-7-13-28(37)38/h4-6,9-12,22H,7-8,13-21H2,1-3H3,(H2,31,32,33,34). The number of anilines is 3. The lowest BCUT2D eigenvalue weighted by atomic mass is 10.0. The second kappa shape index (κ2) is 12.5. The van der Waals surface area contributed by atoms with Crippen LogP contribution in [0, 0.1) is 0 Å². The van der Waals surface area contributed by atoms with Crippen molar-refractivity contribution in [3.8, 4) is 5.75 Å². The molecule has 0 atom stereocenters. The summed E-state index contributed by atoms with van der Waals surface area (Å²) in [4.78, 5) is 28.1. The largest absolute Gasteiger partial charge is 0.496 e. The molecule has 2 N–H and O–H groups in total. The van der Waals surface area contributed by atoms with Gasteiger partial charge in [0, 0.05) is 82.5 Å². The minimum atomic E-state index is 0.274. The number of benzene rings is 2. The highest BCUT2D eigenvalue weighted by Crippen LogP contribution is 2.31. The number of nitrogens with zero attached hydrogens (tertiary/aromatic N) is 5. The topological polar surface area (TPSA) is 85.9 Å². The summed E-state index contributed by atoms with van der Waals surface area (Å²) in [6.07, 6.45) is 4.62. The Morgan fingerprint density at radius 2 is 1.87 bits per heavy atom. The molecule has 9 heteroatoms. The van der Waals surface area contributed by atoms with Crippen molar-refractivity contribution in [1.29, 1.82) is 0 Å². The van der Waals surface area contributed by atoms with Crippen molar-refractivity contribution >= 4 is 34.3 Å². The Kier molecular flexibility index (Phi) is 8.66. The summed E-state index contributed by atoms with van der Waals surface area (Å²) in [6, 6.07) is 14.8. The normalized spacial score (nSPS) is 16.6. The summed E-state index contributed by atoms with van der Waals surface area (Å²) in [5.74, 6) is 2.74. The zero-order valence-corrected chi connectivity index (χ0v) is 23.4. The molecule has 2 aliphatic heterocycles. The number of para-hydroxylation sites is 1. The Morgan fingerprint density at radius 1 is 1.05 bits per heavy atom. The summed E-state index contributed by atoms with van der Waals surface area (Å²) < 4.78 is 5.69. The average Bonchev–Trinajstić information content (AvgIpc) is 3.36. The van der Waals surface area contributed by atoms with E-state index in [1.54, 1.807) is 7.11 Å². The van der Waals surface area contributed by atoms with E-state index in [0.717, 1.165) is 87.4 Å². The fourth-order valence-corrected chi connectivity index (χ4v) is 5.65. The lowest BCUT2D eigenvalue weighted by Crippen LogP contribution is -2.39. The van der Waals surface area contributed by atoms with Crippen LogP contribution in [0.25, 0.3) is 10.9 Å². The number of amides is 1. The number of aromatic nitrogens is 2. The molecule has 3 heterocycles. The molecule has 1 amide bonds. The third kappa shape index (κ3) is 6.53. The number of methoxy groups -OCH3 is 1. The summed E-state index contributed by atoms with van der Waals surface area (Å²) in [5, 5.41) is 8.17. The fraction of sp³-hybridized carbons (Fsp3) is 0.500. The van der Waals surface area contributed by atoms with Gasteiger partial charge in [0.2, 0.25) is 11.9 Å². The van der Waals surface area contributed by atoms with Crippen molar-refractivity contribution in [1.82, 2.24) is 19.8 Å². The van der Waals surface area contributed by atoms with E-state index in [9.17, 15) is 4.79 Å². The van der Waals surface area contributed by atoms with Gasteiger partial charge in [-0.25, -0.2) is 4.98 Å². The molecule has 208 valence electrons. The molecule has 0 radical (unpaired) electrons. The van der Waals surface area contributed by atoms with Gasteiger partial charge in [-0.05, 0) is 49.9 Å². The van der Waals surface area contributed by atoms with Gasteiger partial charge in [0.1, 0.15) is 11.6 Å². The Hall–Kier alpha value is -3.59. The van der Waals surface area contributed by atoms with Gasteiger partial charge in [0.15, 0.2) is 0 Å². The van der Waals surface area contributed by atoms with E-state index >= 15 is 0 Å². The van der Waals surface area contributed by atoms with Crippen molar-refractivity contribution in [2.24, 2.45) is 0 Å². The monoisotopic (exact) mass is 531 g/mol. The van der Waals surface area contributed by atoms with Crippen LogP contribution in [-0.4, -0.2) is 85.6 Å². The molecule has 2 aromatic carbocycles. The molecule has 0 saturated carbocycles. The Balaban J connectivity index is 1.20. The molecular formula is C30H41N7O2. The number of hydrogen-bond donors (Lipinski definition) is 2. The number of nitrogens with one attached hydrogen (secondary N) is 2. The Labute approximate surface area is 231 Å². The first-order valence-electron chi connectivity index (χ1n) is 14.1. The van der Waals surface area contributed by atoms with E-state index < -0.39 is 0 Å². The quantitative estimate of drug-likeness (QED) is 0.356. The van der Waals surface area contributed by atoms with Crippen molar-refractivity contribution < 1.29 is 9.53 Å². The maximum atomic E-state index is 11.9. The predicted molar refractivity (Wildman–Crippen MR) is 158 cm³/mol. The maximum absolute atomic E-state index is 11.9. The number of fused-ring (bicyclic) bond motifs is 1. The van der Waals surface area contributed by atoms with Gasteiger partial charge in [-0.1, -0.05) is 18.2 Å². The molecule has 0 spiro atoms. The van der Waals surface area contributed by atoms with Gasteiger partial charge >= 0.3 is 0 Å². The van der Waals surface area contributed by atoms with Crippen molar-refractivity contribution in [2.75, 3.05) is 69.5 Å². The number of rotatable bonds is 11. The van der Waals surface area contributed by atoms with Gasteiger partial charge in [0.25, 0.3) is 0 Å². The smallest absolute Gasteiger partial charge is 0.225 e. The van der Waals surface area contributed by atoms with Gasteiger partial charge in [-0.15, -0.1) is 0 Å². The van der Waals surface area contributed by atoms with E-state index in [4.69, 9.17) is 14.7 Å². The first-order valence-corrected chi connectivity index (χ1v) is 14.1. The van der Waals surface area contributed by atoms with Crippen LogP contribution >= 0.6 is 0 Å². The highest BCUT2D eigenvalue weighted by atomic mass is 16.5. The number of piperidine rings is 1. The Morgan fingerprint density at radius 3 is 2.62 bits per heavy atom. The van der Waals surface area contributed by atoms with E-state index in [1.807, 2.05) is 23.1 Å². The van der Waals surface area contributed by atoms with E-state index in [2.05, 4.69) is 58.8 Å². The molecule has 39 heavy (non-hydrogen) atoms. The molecule has 2 aliphatic rings. The van der Waals surface area contributed by atoms with Crippen LogP contribution < -0.4 is 20.3 Å². The molecule has 0 bridgehead atoms. The molecule has 3 aromatic rings. The number of likely N-dealkylation sites (tertiary alicyclic amines) is 2. The minimum Gasteiger partial charge on any atom is -0.496 e. The fourth-order valence-electron chi connectivity index (χ4n) is 5.65. The van der Waals surface area contributed by atoms with Crippen LogP contribution in [0.4, 0.5) is 17.5 Å². The zero-order valence-electron chi connectivity index (χ0n) is 23.4. The van der Waals surface area contributed by atoms with Crippen molar-refractivity contribution in [3.63, 3.8) is 0 Å². The zero-order chi connectivity index (χ0) is 27.2. The molecule has 0 unspecified atom stereocenters. The van der Waals surface area contributed by atoms with Crippen LogP contribution in [0.2, 0.25) is 0 Å². The molecule has 2 fully saturated rings. The van der Waals surface area contributed by atoms with Crippen LogP contribution in [0.3, 0.4) is 0 Å². The van der Waals surface area contributed by atoms with E-state index in [0.29, 0.717) is 18.4 Å². The van der Waals surface area contributed by atoms with Crippen molar-refractivity contribution in [2.45, 2.75) is 44.7 Å². The number of carbonyl (C=O) groups is 1. The first kappa shape index (κ1) is 27.0. The lowest BCUT2D eigenvalue weighted by molar-refractivity contribution is -0.127. The number of ether oxygens (including phenoxy) is 1. The second-order valence-electron chi connectivity index (χ2n) is 10.7. The molecule has 1 aromatic heterocycles. The van der Waals surface area contributed by atoms with Gasteiger partial charge in [-0.3, -0.25) is 9.69 Å². The third-order valence-corrected chi connectivity index (χ3v) is 7.78. The molecule has 5 rings (SSSR count). The van der Waals surface area contributed by atoms with Crippen molar-refractivity contribution in [3.05, 3.63) is 48.0 Å². The maximum Gasteiger partial charge on any atom is 0.225 e. The molecular weight excluding hydrogens is 490 g/mol. The molecule has 2 saturated heterocycles. The van der Waals surface area contributed by atoms with Gasteiger partial charge in [0.05, 0.1) is 12.6 Å². The Bertz CT molecular complexity index is 1270. The lowest BCUT2D eigenvalue weighted by Gasteiger charge is -2.34. The van der Waals surface area contributed by atoms with Crippen LogP contribution in [0.15, 0.2) is 42.5 Å². The summed E-state index contributed by atoms with van der Waals surface area (Å²) in [6.45, 7) is 5.29. The minimum absolute atomic E-state index is 0.274. The SMILES string of the molecule is COc1cccc(N(C)C)c1CN1CCC(Nc2nc(NCCCN3CCCC3=O)nc3ccccc23)CC1. The number of hydrogen-bond acceptors (Lipinski definition) is 8. The summed E-state index contributed by atoms with van der Waals surface area (Å²) in [5.41, 5.74) is 3.37. The highest BCUT2D eigenvalue weighted by Gasteiger charge is 2.23. The van der Waals surface area contributed by atoms with Crippen LogP contribution in [0.5, 0.6) is 5.75 Å². The first-order chi connectivity index (χ1) is 19.0. The van der Waals surface area contributed by atoms with Crippen LogP contribution in [-0.2, 0) is 11.3 Å². The predicted octanol–water partition coefficient (Wildman–Crippen LogP) is 4.21. The summed E-state index contributed by atoms with van der Waals surface area (Å²) >= 11 is 0. The highest BCUT2D eigenvalue weighted by molar-refractivity contribution is 5.90. The number of carbonyl (C=O) groups excluding carboxylic acids is 1.